The van der Waals surface area contributed by atoms with E-state index in [2.05, 4.69) is 9.97 Å². The van der Waals surface area contributed by atoms with Gasteiger partial charge in [-0.2, -0.15) is 0 Å². The Balaban J connectivity index is 1.63. The molecule has 1 aliphatic heterocycles. The molecule has 1 atom stereocenters. The van der Waals surface area contributed by atoms with Gasteiger partial charge in [0.05, 0.1) is 18.5 Å². The van der Waals surface area contributed by atoms with E-state index in [0.29, 0.717) is 19.1 Å². The average molecular weight is 335 g/mol. The van der Waals surface area contributed by atoms with Gasteiger partial charge in [0.2, 0.25) is 0 Å². The summed E-state index contributed by atoms with van der Waals surface area (Å²) in [5.74, 6) is 0.534. The van der Waals surface area contributed by atoms with Gasteiger partial charge in [0, 0.05) is 32.1 Å². The van der Waals surface area contributed by atoms with Crippen LogP contribution in [0.5, 0.6) is 0 Å². The number of carbonyl (C=O) groups is 1. The maximum atomic E-state index is 12.2. The lowest BCUT2D eigenvalue weighted by molar-refractivity contribution is 0.0155. The Morgan fingerprint density at radius 2 is 2.21 bits per heavy atom. The van der Waals surface area contributed by atoms with Crippen molar-refractivity contribution in [2.24, 2.45) is 5.92 Å². The molecule has 0 bridgehead atoms. The summed E-state index contributed by atoms with van der Waals surface area (Å²) in [4.78, 5) is 22.2. The van der Waals surface area contributed by atoms with Crippen LogP contribution in [-0.4, -0.2) is 46.3 Å². The molecule has 24 heavy (non-hydrogen) atoms. The van der Waals surface area contributed by atoms with E-state index in [1.54, 1.807) is 18.6 Å². The number of ether oxygens (including phenoxy) is 2. The zero-order valence-corrected chi connectivity index (χ0v) is 15.0. The molecule has 1 aromatic rings. The first-order chi connectivity index (χ1) is 11.4. The predicted octanol–water partition coefficient (Wildman–Crippen LogP) is 3.42. The van der Waals surface area contributed by atoms with Gasteiger partial charge in [-0.1, -0.05) is 0 Å². The first-order valence-corrected chi connectivity index (χ1v) is 8.74. The monoisotopic (exact) mass is 335 g/mol. The number of likely N-dealkylation sites (tertiary alicyclic amines) is 1. The highest BCUT2D eigenvalue weighted by Crippen LogP contribution is 2.22. The molecule has 1 aliphatic rings. The summed E-state index contributed by atoms with van der Waals surface area (Å²) in [6.45, 7) is 8.51. The Hall–Kier alpha value is -1.69. The van der Waals surface area contributed by atoms with Gasteiger partial charge in [-0.3, -0.25) is 9.97 Å². The van der Waals surface area contributed by atoms with Crippen molar-refractivity contribution >= 4 is 6.09 Å². The van der Waals surface area contributed by atoms with Crippen molar-refractivity contribution in [1.82, 2.24) is 14.9 Å². The number of carbonyl (C=O) groups excluding carboxylic acids is 1. The van der Waals surface area contributed by atoms with Crippen LogP contribution in [-0.2, 0) is 16.1 Å². The molecular formula is C18H29N3O3. The van der Waals surface area contributed by atoms with Crippen molar-refractivity contribution in [2.75, 3.05) is 19.7 Å². The van der Waals surface area contributed by atoms with Gasteiger partial charge >= 0.3 is 6.09 Å². The summed E-state index contributed by atoms with van der Waals surface area (Å²) >= 11 is 0. The SMILES string of the molecule is CC(C)(C)OC(=O)N1CCCC(CCCOCc2cnccn2)C1. The molecule has 1 saturated heterocycles. The molecule has 2 heterocycles. The zero-order valence-electron chi connectivity index (χ0n) is 15.0. The lowest BCUT2D eigenvalue weighted by Crippen LogP contribution is -2.42. The van der Waals surface area contributed by atoms with E-state index in [1.807, 2.05) is 25.7 Å². The second-order valence-electron chi connectivity index (χ2n) is 7.33. The van der Waals surface area contributed by atoms with Crippen molar-refractivity contribution in [2.45, 2.75) is 58.7 Å². The maximum Gasteiger partial charge on any atom is 0.410 e. The third kappa shape index (κ3) is 6.83. The molecule has 0 N–H and O–H groups in total. The first kappa shape index (κ1) is 18.6. The molecule has 1 unspecified atom stereocenters. The van der Waals surface area contributed by atoms with Crippen LogP contribution in [0.1, 0.15) is 52.1 Å². The molecule has 1 aromatic heterocycles. The Morgan fingerprint density at radius 1 is 1.38 bits per heavy atom. The average Bonchev–Trinajstić information content (AvgIpc) is 2.54. The largest absolute Gasteiger partial charge is 0.444 e. The standard InChI is InChI=1S/C18H29N3O3/c1-18(2,3)24-17(22)21-10-4-6-15(13-21)7-5-11-23-14-16-12-19-8-9-20-16/h8-9,12,15H,4-7,10-11,13-14H2,1-3H3. The Kier molecular flexibility index (Phi) is 6.97. The third-order valence-electron chi connectivity index (χ3n) is 3.94. The second kappa shape index (κ2) is 8.97. The van der Waals surface area contributed by atoms with Crippen LogP contribution in [0, 0.1) is 5.92 Å². The minimum absolute atomic E-state index is 0.189. The van der Waals surface area contributed by atoms with Gasteiger partial charge < -0.3 is 14.4 Å². The van der Waals surface area contributed by atoms with Crippen molar-refractivity contribution < 1.29 is 14.3 Å². The molecule has 0 spiro atoms. The fourth-order valence-electron chi connectivity index (χ4n) is 2.85. The Labute approximate surface area is 144 Å². The molecule has 134 valence electrons. The van der Waals surface area contributed by atoms with Gasteiger partial charge in [-0.25, -0.2) is 4.79 Å². The minimum atomic E-state index is -0.432. The van der Waals surface area contributed by atoms with Crippen LogP contribution in [0.2, 0.25) is 0 Å². The normalized spacial score (nSPS) is 18.5. The number of nitrogens with zero attached hydrogens (tertiary/aromatic N) is 3. The molecule has 2 rings (SSSR count). The van der Waals surface area contributed by atoms with Crippen molar-refractivity contribution in [3.63, 3.8) is 0 Å². The maximum absolute atomic E-state index is 12.2. The smallest absolute Gasteiger partial charge is 0.410 e. The highest BCUT2D eigenvalue weighted by Gasteiger charge is 2.27. The van der Waals surface area contributed by atoms with Crippen LogP contribution < -0.4 is 0 Å². The number of amides is 1. The van der Waals surface area contributed by atoms with Crippen LogP contribution in [0.3, 0.4) is 0 Å². The van der Waals surface area contributed by atoms with Crippen LogP contribution in [0.4, 0.5) is 4.79 Å². The molecule has 0 radical (unpaired) electrons. The van der Waals surface area contributed by atoms with Crippen molar-refractivity contribution in [1.29, 1.82) is 0 Å². The zero-order chi connectivity index (χ0) is 17.4. The summed E-state index contributed by atoms with van der Waals surface area (Å²) in [5, 5.41) is 0. The third-order valence-corrected chi connectivity index (χ3v) is 3.94. The lowest BCUT2D eigenvalue weighted by atomic mass is 9.94. The van der Waals surface area contributed by atoms with E-state index in [-0.39, 0.29) is 6.09 Å². The highest BCUT2D eigenvalue weighted by atomic mass is 16.6. The van der Waals surface area contributed by atoms with Gasteiger partial charge in [0.1, 0.15) is 5.60 Å². The van der Waals surface area contributed by atoms with E-state index in [9.17, 15) is 4.79 Å². The highest BCUT2D eigenvalue weighted by molar-refractivity contribution is 5.68. The Morgan fingerprint density at radius 3 is 2.92 bits per heavy atom. The molecule has 1 fully saturated rings. The number of hydrogen-bond donors (Lipinski definition) is 0. The van der Waals surface area contributed by atoms with E-state index in [4.69, 9.17) is 9.47 Å². The van der Waals surface area contributed by atoms with Gasteiger partial charge in [0.25, 0.3) is 0 Å². The molecule has 1 amide bonds. The van der Waals surface area contributed by atoms with Crippen molar-refractivity contribution in [3.8, 4) is 0 Å². The van der Waals surface area contributed by atoms with E-state index >= 15 is 0 Å². The first-order valence-electron chi connectivity index (χ1n) is 8.74. The van der Waals surface area contributed by atoms with Crippen LogP contribution in [0.15, 0.2) is 18.6 Å². The molecular weight excluding hydrogens is 306 g/mol. The Bertz CT molecular complexity index is 502. The summed E-state index contributed by atoms with van der Waals surface area (Å²) in [6.07, 6.45) is 9.14. The lowest BCUT2D eigenvalue weighted by Gasteiger charge is -2.34. The quantitative estimate of drug-likeness (QED) is 0.745. The molecule has 6 nitrogen and oxygen atoms in total. The molecule has 0 saturated carbocycles. The molecule has 0 aromatic carbocycles. The number of rotatable bonds is 6. The fourth-order valence-corrected chi connectivity index (χ4v) is 2.85. The number of piperidine rings is 1. The summed E-state index contributed by atoms with van der Waals surface area (Å²) in [5.41, 5.74) is 0.421. The van der Waals surface area contributed by atoms with E-state index in [0.717, 1.165) is 38.0 Å². The summed E-state index contributed by atoms with van der Waals surface area (Å²) < 4.78 is 11.1. The van der Waals surface area contributed by atoms with Gasteiger partial charge in [-0.05, 0) is 52.4 Å². The minimum Gasteiger partial charge on any atom is -0.444 e. The fraction of sp³-hybridized carbons (Fsp3) is 0.722. The number of aromatic nitrogens is 2. The summed E-state index contributed by atoms with van der Waals surface area (Å²) in [7, 11) is 0. The predicted molar refractivity (Wildman–Crippen MR) is 91.5 cm³/mol. The van der Waals surface area contributed by atoms with Gasteiger partial charge in [0.15, 0.2) is 0 Å². The second-order valence-corrected chi connectivity index (χ2v) is 7.33. The van der Waals surface area contributed by atoms with Crippen LogP contribution in [0.25, 0.3) is 0 Å². The topological polar surface area (TPSA) is 64.5 Å². The number of hydrogen-bond acceptors (Lipinski definition) is 5. The van der Waals surface area contributed by atoms with E-state index in [1.165, 1.54) is 6.42 Å². The molecule has 0 aliphatic carbocycles. The van der Waals surface area contributed by atoms with Gasteiger partial charge in [-0.15, -0.1) is 0 Å². The van der Waals surface area contributed by atoms with E-state index < -0.39 is 5.60 Å². The van der Waals surface area contributed by atoms with Crippen LogP contribution >= 0.6 is 0 Å². The molecule has 6 heteroatoms. The van der Waals surface area contributed by atoms with Crippen molar-refractivity contribution in [3.05, 3.63) is 24.3 Å². The summed E-state index contributed by atoms with van der Waals surface area (Å²) in [6, 6.07) is 0.